The fourth-order valence-corrected chi connectivity index (χ4v) is 1.86. The van der Waals surface area contributed by atoms with Crippen LogP contribution in [0.1, 0.15) is 16.7 Å². The zero-order valence-corrected chi connectivity index (χ0v) is 11.6. The first-order valence-electron chi connectivity index (χ1n) is 6.02. The first-order valence-corrected chi connectivity index (χ1v) is 6.43. The highest BCUT2D eigenvalue weighted by Gasteiger charge is 2.30. The number of thiocarbonyl (C=S) groups is 1. The number of halogens is 3. The van der Waals surface area contributed by atoms with Crippen LogP contribution in [0.3, 0.4) is 0 Å². The summed E-state index contributed by atoms with van der Waals surface area (Å²) in [5, 5.41) is 2.94. The van der Waals surface area contributed by atoms with Gasteiger partial charge in [-0.15, -0.1) is 0 Å². The first kappa shape index (κ1) is 15.2. The Morgan fingerprint density at radius 1 is 1.24 bits per heavy atom. The van der Waals surface area contributed by atoms with E-state index in [2.05, 4.69) is 10.3 Å². The molecule has 3 N–H and O–H groups in total. The predicted molar refractivity (Wildman–Crippen MR) is 78.9 cm³/mol. The summed E-state index contributed by atoms with van der Waals surface area (Å²) in [6.45, 7) is 0.220. The lowest BCUT2D eigenvalue weighted by Gasteiger charge is -2.10. The molecule has 110 valence electrons. The van der Waals surface area contributed by atoms with Crippen molar-refractivity contribution < 1.29 is 13.2 Å². The van der Waals surface area contributed by atoms with E-state index in [9.17, 15) is 13.2 Å². The van der Waals surface area contributed by atoms with Gasteiger partial charge in [0, 0.05) is 18.3 Å². The molecule has 0 fully saturated rings. The summed E-state index contributed by atoms with van der Waals surface area (Å²) in [6.07, 6.45) is -2.82. The van der Waals surface area contributed by atoms with Crippen LogP contribution in [-0.2, 0) is 12.7 Å². The summed E-state index contributed by atoms with van der Waals surface area (Å²) in [4.78, 5) is 4.30. The number of hydrogen-bond donors (Lipinski definition) is 2. The Hall–Kier alpha value is -2.15. The zero-order chi connectivity index (χ0) is 15.5. The summed E-state index contributed by atoms with van der Waals surface area (Å²) in [5.74, 6) is 0.498. The van der Waals surface area contributed by atoms with Gasteiger partial charge >= 0.3 is 6.18 Å². The van der Waals surface area contributed by atoms with Crippen LogP contribution in [0.4, 0.5) is 19.0 Å². The third-order valence-electron chi connectivity index (χ3n) is 2.77. The molecule has 21 heavy (non-hydrogen) atoms. The van der Waals surface area contributed by atoms with Gasteiger partial charge in [-0.25, -0.2) is 4.98 Å². The van der Waals surface area contributed by atoms with Gasteiger partial charge in [0.2, 0.25) is 0 Å². The number of nitrogens with one attached hydrogen (secondary N) is 1. The first-order chi connectivity index (χ1) is 9.86. The minimum atomic E-state index is -4.35. The monoisotopic (exact) mass is 311 g/mol. The van der Waals surface area contributed by atoms with Gasteiger partial charge in [0.1, 0.15) is 10.8 Å². The molecule has 2 rings (SSSR count). The Kier molecular flexibility index (Phi) is 4.42. The molecule has 3 nitrogen and oxygen atoms in total. The third-order valence-corrected chi connectivity index (χ3v) is 3.01. The number of benzene rings is 1. The SMILES string of the molecule is NC(=S)c1ccnc(NCc2cccc(C(F)(F)F)c2)c1. The van der Waals surface area contributed by atoms with Crippen molar-refractivity contribution >= 4 is 23.0 Å². The molecule has 2 aromatic rings. The molecule has 1 aromatic heterocycles. The molecule has 0 aliphatic carbocycles. The van der Waals surface area contributed by atoms with Crippen molar-refractivity contribution in [3.8, 4) is 0 Å². The van der Waals surface area contributed by atoms with Crippen molar-refractivity contribution in [3.05, 3.63) is 59.3 Å². The van der Waals surface area contributed by atoms with Crippen molar-refractivity contribution in [1.82, 2.24) is 4.98 Å². The van der Waals surface area contributed by atoms with Gasteiger partial charge in [-0.2, -0.15) is 13.2 Å². The number of alkyl halides is 3. The molecular weight excluding hydrogens is 299 g/mol. The molecule has 0 bridgehead atoms. The van der Waals surface area contributed by atoms with Crippen LogP contribution in [0.5, 0.6) is 0 Å². The molecule has 7 heteroatoms. The molecule has 0 saturated carbocycles. The fraction of sp³-hybridized carbons (Fsp3) is 0.143. The molecule has 0 unspecified atom stereocenters. The van der Waals surface area contributed by atoms with E-state index in [1.165, 1.54) is 12.3 Å². The second-order valence-corrected chi connectivity index (χ2v) is 4.79. The van der Waals surface area contributed by atoms with Crippen molar-refractivity contribution in [2.75, 3.05) is 5.32 Å². The van der Waals surface area contributed by atoms with Crippen LogP contribution in [0.2, 0.25) is 0 Å². The number of anilines is 1. The van der Waals surface area contributed by atoms with E-state index in [0.717, 1.165) is 12.1 Å². The Balaban J connectivity index is 2.10. The Bertz CT molecular complexity index is 656. The van der Waals surface area contributed by atoms with Gasteiger partial charge < -0.3 is 11.1 Å². The average Bonchev–Trinajstić information content (AvgIpc) is 2.45. The molecule has 0 radical (unpaired) electrons. The summed E-state index contributed by atoms with van der Waals surface area (Å²) < 4.78 is 37.8. The maximum atomic E-state index is 12.6. The number of nitrogens with zero attached hydrogens (tertiary/aromatic N) is 1. The molecule has 0 saturated heterocycles. The number of pyridine rings is 1. The smallest absolute Gasteiger partial charge is 0.389 e. The lowest BCUT2D eigenvalue weighted by Crippen LogP contribution is -2.11. The largest absolute Gasteiger partial charge is 0.416 e. The summed E-state index contributed by atoms with van der Waals surface area (Å²) in [7, 11) is 0. The molecular formula is C14H12F3N3S. The lowest BCUT2D eigenvalue weighted by atomic mass is 10.1. The van der Waals surface area contributed by atoms with Crippen LogP contribution < -0.4 is 11.1 Å². The van der Waals surface area contributed by atoms with Crippen molar-refractivity contribution in [2.24, 2.45) is 5.73 Å². The van der Waals surface area contributed by atoms with Crippen molar-refractivity contribution in [1.29, 1.82) is 0 Å². The highest BCUT2D eigenvalue weighted by molar-refractivity contribution is 7.80. The molecule has 0 aliphatic rings. The Morgan fingerprint density at radius 2 is 2.00 bits per heavy atom. The van der Waals surface area contributed by atoms with E-state index >= 15 is 0 Å². The third kappa shape index (κ3) is 4.16. The van der Waals surface area contributed by atoms with E-state index in [-0.39, 0.29) is 11.5 Å². The van der Waals surface area contributed by atoms with E-state index in [1.54, 1.807) is 18.2 Å². The Labute approximate surface area is 125 Å². The fourth-order valence-electron chi connectivity index (χ4n) is 1.73. The molecule has 0 atom stereocenters. The number of nitrogens with two attached hydrogens (primary N) is 1. The summed E-state index contributed by atoms with van der Waals surface area (Å²) in [5.41, 5.74) is 5.99. The van der Waals surface area contributed by atoms with Crippen molar-refractivity contribution in [3.63, 3.8) is 0 Å². The number of hydrogen-bond acceptors (Lipinski definition) is 3. The molecule has 1 aromatic carbocycles. The van der Waals surface area contributed by atoms with E-state index in [1.807, 2.05) is 0 Å². The van der Waals surface area contributed by atoms with Gasteiger partial charge in [0.15, 0.2) is 0 Å². The summed E-state index contributed by atoms with van der Waals surface area (Å²) in [6, 6.07) is 8.44. The highest BCUT2D eigenvalue weighted by atomic mass is 32.1. The van der Waals surface area contributed by atoms with Crippen LogP contribution in [0, 0.1) is 0 Å². The van der Waals surface area contributed by atoms with Gasteiger partial charge in [0.25, 0.3) is 0 Å². The maximum Gasteiger partial charge on any atom is 0.416 e. The van der Waals surface area contributed by atoms with Crippen LogP contribution in [0.15, 0.2) is 42.6 Å². The van der Waals surface area contributed by atoms with Crippen LogP contribution in [-0.4, -0.2) is 9.97 Å². The Morgan fingerprint density at radius 3 is 2.67 bits per heavy atom. The van der Waals surface area contributed by atoms with Gasteiger partial charge in [-0.3, -0.25) is 0 Å². The second-order valence-electron chi connectivity index (χ2n) is 4.35. The number of rotatable bonds is 4. The topological polar surface area (TPSA) is 50.9 Å². The van der Waals surface area contributed by atoms with Gasteiger partial charge in [-0.05, 0) is 29.8 Å². The van der Waals surface area contributed by atoms with E-state index in [0.29, 0.717) is 16.9 Å². The predicted octanol–water partition coefficient (Wildman–Crippen LogP) is 3.35. The lowest BCUT2D eigenvalue weighted by molar-refractivity contribution is -0.137. The molecule has 0 spiro atoms. The second kappa shape index (κ2) is 6.09. The number of aromatic nitrogens is 1. The standard InChI is InChI=1S/C14H12F3N3S/c15-14(16,17)11-3-1-2-9(6-11)8-20-12-7-10(13(18)21)4-5-19-12/h1-7H,8H2,(H2,18,21)(H,19,20). The zero-order valence-electron chi connectivity index (χ0n) is 10.8. The molecule has 1 heterocycles. The minimum Gasteiger partial charge on any atom is -0.389 e. The quantitative estimate of drug-likeness (QED) is 0.850. The van der Waals surface area contributed by atoms with Gasteiger partial charge in [-0.1, -0.05) is 24.4 Å². The normalized spacial score (nSPS) is 11.2. The molecule has 0 aliphatic heterocycles. The summed E-state index contributed by atoms with van der Waals surface area (Å²) >= 11 is 4.85. The van der Waals surface area contributed by atoms with E-state index in [4.69, 9.17) is 18.0 Å². The van der Waals surface area contributed by atoms with Crippen molar-refractivity contribution in [2.45, 2.75) is 12.7 Å². The van der Waals surface area contributed by atoms with Crippen LogP contribution in [0.25, 0.3) is 0 Å². The highest BCUT2D eigenvalue weighted by Crippen LogP contribution is 2.29. The van der Waals surface area contributed by atoms with Crippen LogP contribution >= 0.6 is 12.2 Å². The maximum absolute atomic E-state index is 12.6. The van der Waals surface area contributed by atoms with Gasteiger partial charge in [0.05, 0.1) is 5.56 Å². The molecule has 0 amide bonds. The average molecular weight is 311 g/mol. The minimum absolute atomic E-state index is 0.220. The van der Waals surface area contributed by atoms with E-state index < -0.39 is 11.7 Å².